The van der Waals surface area contributed by atoms with E-state index in [-0.39, 0.29) is 11.9 Å². The second-order valence-corrected chi connectivity index (χ2v) is 7.86. The number of nitrogens with zero attached hydrogens (tertiary/aromatic N) is 6. The normalized spacial score (nSPS) is 18.2. The van der Waals surface area contributed by atoms with Crippen LogP contribution in [-0.2, 0) is 11.8 Å². The van der Waals surface area contributed by atoms with Gasteiger partial charge in [0.2, 0.25) is 17.8 Å². The molecule has 0 saturated carbocycles. The van der Waals surface area contributed by atoms with Crippen molar-refractivity contribution in [2.45, 2.75) is 25.5 Å². The number of nitriles is 1. The number of hydrogen-bond acceptors (Lipinski definition) is 8. The number of rotatable bonds is 5. The molecule has 32 heavy (non-hydrogen) atoms. The van der Waals surface area contributed by atoms with E-state index in [0.717, 1.165) is 22.5 Å². The number of aliphatic hydroxyl groups excluding tert-OH is 1. The van der Waals surface area contributed by atoms with Gasteiger partial charge in [0.05, 0.1) is 35.1 Å². The van der Waals surface area contributed by atoms with Gasteiger partial charge in [0.15, 0.2) is 0 Å². The molecule has 4 rings (SSSR count). The van der Waals surface area contributed by atoms with Gasteiger partial charge in [-0.05, 0) is 37.1 Å². The second kappa shape index (κ2) is 8.64. The van der Waals surface area contributed by atoms with Crippen molar-refractivity contribution < 1.29 is 9.90 Å². The minimum Gasteiger partial charge on any atom is -0.391 e. The van der Waals surface area contributed by atoms with Crippen molar-refractivity contribution >= 4 is 34.5 Å². The summed E-state index contributed by atoms with van der Waals surface area (Å²) in [6, 6.07) is 5.71. The fourth-order valence-electron chi connectivity index (χ4n) is 3.91. The molecule has 10 heteroatoms. The predicted octanol–water partition coefficient (Wildman–Crippen LogP) is 1.72. The van der Waals surface area contributed by atoms with Gasteiger partial charge < -0.3 is 25.2 Å². The van der Waals surface area contributed by atoms with Crippen molar-refractivity contribution in [2.75, 3.05) is 28.6 Å². The summed E-state index contributed by atoms with van der Waals surface area (Å²) in [7, 11) is 1.93. The van der Waals surface area contributed by atoms with E-state index in [4.69, 9.17) is 10.2 Å². The van der Waals surface area contributed by atoms with Gasteiger partial charge in [-0.2, -0.15) is 5.26 Å². The lowest BCUT2D eigenvalue weighted by Crippen LogP contribution is -2.49. The van der Waals surface area contributed by atoms with Crippen LogP contribution in [0.25, 0.3) is 11.0 Å². The number of benzene rings is 1. The Labute approximate surface area is 185 Å². The summed E-state index contributed by atoms with van der Waals surface area (Å²) in [6.45, 7) is 6.45. The summed E-state index contributed by atoms with van der Waals surface area (Å²) in [5, 5.41) is 25.4. The minimum absolute atomic E-state index is 0.101. The third kappa shape index (κ3) is 4.24. The third-order valence-electron chi connectivity index (χ3n) is 5.47. The number of amides is 1. The van der Waals surface area contributed by atoms with E-state index in [1.165, 1.54) is 18.5 Å². The first-order chi connectivity index (χ1) is 15.4. The van der Waals surface area contributed by atoms with Gasteiger partial charge in [-0.3, -0.25) is 4.79 Å². The van der Waals surface area contributed by atoms with Crippen molar-refractivity contribution in [1.82, 2.24) is 19.5 Å². The summed E-state index contributed by atoms with van der Waals surface area (Å²) < 4.78 is 1.98. The molecule has 1 saturated heterocycles. The first kappa shape index (κ1) is 21.3. The van der Waals surface area contributed by atoms with Crippen molar-refractivity contribution in [1.29, 1.82) is 5.26 Å². The molecule has 2 atom stereocenters. The molecule has 0 aliphatic carbocycles. The van der Waals surface area contributed by atoms with Gasteiger partial charge >= 0.3 is 0 Å². The Morgan fingerprint density at radius 1 is 1.34 bits per heavy atom. The molecule has 10 nitrogen and oxygen atoms in total. The SMILES string of the molecule is C=CC(=O)Nc1cc2nc(N3C[C@H](O)C[C@@H](Nc4ncc(C#N)cn4)C3)n(C)c2cc1C. The number of hydrogen-bond donors (Lipinski definition) is 3. The highest BCUT2D eigenvalue weighted by Gasteiger charge is 2.29. The molecule has 1 amide bonds. The Kier molecular flexibility index (Phi) is 5.75. The minimum atomic E-state index is -0.552. The predicted molar refractivity (Wildman–Crippen MR) is 121 cm³/mol. The van der Waals surface area contributed by atoms with Crippen LogP contribution in [-0.4, -0.2) is 55.8 Å². The number of carbonyl (C=O) groups is 1. The maximum absolute atomic E-state index is 11.7. The molecule has 1 aromatic carbocycles. The van der Waals surface area contributed by atoms with Gasteiger partial charge in [0.25, 0.3) is 0 Å². The molecule has 3 N–H and O–H groups in total. The number of piperidine rings is 1. The molecule has 2 aromatic heterocycles. The highest BCUT2D eigenvalue weighted by atomic mass is 16.3. The molecule has 164 valence electrons. The number of imidazole rings is 1. The molecule has 1 aliphatic rings. The third-order valence-corrected chi connectivity index (χ3v) is 5.47. The van der Waals surface area contributed by atoms with Gasteiger partial charge in [0, 0.05) is 31.9 Å². The van der Waals surface area contributed by atoms with Crippen molar-refractivity contribution in [3.8, 4) is 6.07 Å². The zero-order chi connectivity index (χ0) is 22.8. The Bertz CT molecular complexity index is 1210. The molecule has 0 radical (unpaired) electrons. The van der Waals surface area contributed by atoms with Crippen molar-refractivity contribution in [3.63, 3.8) is 0 Å². The largest absolute Gasteiger partial charge is 0.391 e. The van der Waals surface area contributed by atoms with Crippen LogP contribution in [0.4, 0.5) is 17.6 Å². The summed E-state index contributed by atoms with van der Waals surface area (Å²) in [5.41, 5.74) is 3.66. The molecule has 1 aliphatic heterocycles. The van der Waals surface area contributed by atoms with Crippen LogP contribution >= 0.6 is 0 Å². The number of aromatic nitrogens is 4. The van der Waals surface area contributed by atoms with Crippen molar-refractivity contribution in [2.24, 2.45) is 7.05 Å². The lowest BCUT2D eigenvalue weighted by molar-refractivity contribution is -0.111. The highest BCUT2D eigenvalue weighted by molar-refractivity contribution is 6.00. The highest BCUT2D eigenvalue weighted by Crippen LogP contribution is 2.29. The Hall–Kier alpha value is -3.97. The molecule has 3 heterocycles. The standard InChI is InChI=1S/C22H24N8O2/c1-4-20(32)27-17-7-18-19(5-13(17)2)29(3)22(28-18)30-11-15(6-16(31)12-30)26-21-24-9-14(8-23)10-25-21/h4-5,7,9-10,15-16,31H,1,6,11-12H2,2-3H3,(H,27,32)(H,24,25,26)/t15-,16-/m1/s1. The van der Waals surface area contributed by atoms with E-state index in [9.17, 15) is 9.90 Å². The summed E-state index contributed by atoms with van der Waals surface area (Å²) in [5.74, 6) is 0.853. The zero-order valence-electron chi connectivity index (χ0n) is 17.9. The topological polar surface area (TPSA) is 132 Å². The van der Waals surface area contributed by atoms with Crippen LogP contribution in [0.3, 0.4) is 0 Å². The first-order valence-electron chi connectivity index (χ1n) is 10.2. The molecule has 0 spiro atoms. The summed E-state index contributed by atoms with van der Waals surface area (Å²) >= 11 is 0. The van der Waals surface area contributed by atoms with E-state index in [1.807, 2.05) is 41.6 Å². The van der Waals surface area contributed by atoms with Crippen LogP contribution in [0.1, 0.15) is 17.5 Å². The molecule has 0 unspecified atom stereocenters. The van der Waals surface area contributed by atoms with E-state index < -0.39 is 6.10 Å². The lowest BCUT2D eigenvalue weighted by atomic mass is 10.0. The van der Waals surface area contributed by atoms with E-state index in [2.05, 4.69) is 27.2 Å². The van der Waals surface area contributed by atoms with Crippen LogP contribution < -0.4 is 15.5 Å². The maximum Gasteiger partial charge on any atom is 0.247 e. The Balaban J connectivity index is 1.59. The Morgan fingerprint density at radius 2 is 2.09 bits per heavy atom. The van der Waals surface area contributed by atoms with E-state index >= 15 is 0 Å². The molecular formula is C22H24N8O2. The molecule has 3 aromatic rings. The van der Waals surface area contributed by atoms with Crippen LogP contribution in [0.2, 0.25) is 0 Å². The quantitative estimate of drug-likeness (QED) is 0.519. The molecule has 0 bridgehead atoms. The number of anilines is 3. The number of nitrogens with one attached hydrogen (secondary N) is 2. The average Bonchev–Trinajstić information content (AvgIpc) is 3.09. The monoisotopic (exact) mass is 432 g/mol. The average molecular weight is 432 g/mol. The van der Waals surface area contributed by atoms with Crippen LogP contribution in [0.5, 0.6) is 0 Å². The fourth-order valence-corrected chi connectivity index (χ4v) is 3.91. The fraction of sp³-hybridized carbons (Fsp3) is 0.318. The summed E-state index contributed by atoms with van der Waals surface area (Å²) in [6.07, 6.45) is 4.14. The van der Waals surface area contributed by atoms with Crippen LogP contribution in [0.15, 0.2) is 37.2 Å². The van der Waals surface area contributed by atoms with Crippen molar-refractivity contribution in [3.05, 3.63) is 48.3 Å². The number of β-amino-alcohol motifs (C(OH)–C–C–N with tert-alkyl or cyclic N) is 1. The number of aliphatic hydroxyl groups is 1. The molecular weight excluding hydrogens is 408 g/mol. The number of carbonyl (C=O) groups excluding carboxylic acids is 1. The smallest absolute Gasteiger partial charge is 0.247 e. The number of fused-ring (bicyclic) bond motifs is 1. The van der Waals surface area contributed by atoms with Gasteiger partial charge in [-0.1, -0.05) is 6.58 Å². The van der Waals surface area contributed by atoms with Gasteiger partial charge in [-0.15, -0.1) is 0 Å². The maximum atomic E-state index is 11.7. The second-order valence-electron chi connectivity index (χ2n) is 7.86. The summed E-state index contributed by atoms with van der Waals surface area (Å²) in [4.78, 5) is 26.8. The van der Waals surface area contributed by atoms with Gasteiger partial charge in [0.1, 0.15) is 6.07 Å². The van der Waals surface area contributed by atoms with Crippen LogP contribution in [0, 0.1) is 18.3 Å². The zero-order valence-corrected chi connectivity index (χ0v) is 17.9. The van der Waals surface area contributed by atoms with E-state index in [1.54, 1.807) is 0 Å². The molecule has 1 fully saturated rings. The lowest BCUT2D eigenvalue weighted by Gasteiger charge is -2.36. The Morgan fingerprint density at radius 3 is 2.78 bits per heavy atom. The first-order valence-corrected chi connectivity index (χ1v) is 10.2. The van der Waals surface area contributed by atoms with Gasteiger partial charge in [-0.25, -0.2) is 15.0 Å². The van der Waals surface area contributed by atoms with E-state index in [0.29, 0.717) is 36.7 Å². The number of aryl methyl sites for hydroxylation is 2.